The van der Waals surface area contributed by atoms with E-state index in [9.17, 15) is 0 Å². The van der Waals surface area contributed by atoms with Gasteiger partial charge in [-0.3, -0.25) is 0 Å². The summed E-state index contributed by atoms with van der Waals surface area (Å²) in [6.45, 7) is 0. The van der Waals surface area contributed by atoms with Crippen LogP contribution in [0.3, 0.4) is 0 Å². The highest BCUT2D eigenvalue weighted by Crippen LogP contribution is 2.34. The molecule has 2 aliphatic rings. The number of fused-ring (bicyclic) bond motifs is 8. The van der Waals surface area contributed by atoms with E-state index in [1.54, 1.807) is 0 Å². The third kappa shape index (κ3) is 3.36. The maximum atomic E-state index is 4.96. The Morgan fingerprint density at radius 3 is 1.59 bits per heavy atom. The van der Waals surface area contributed by atoms with E-state index in [4.69, 9.17) is 9.97 Å². The summed E-state index contributed by atoms with van der Waals surface area (Å²) in [6.07, 6.45) is 8.18. The van der Waals surface area contributed by atoms with E-state index in [-0.39, 0.29) is 0 Å². The van der Waals surface area contributed by atoms with Gasteiger partial charge in [-0.1, -0.05) is 30.3 Å². The molecule has 0 spiro atoms. The molecule has 32 heavy (non-hydrogen) atoms. The van der Waals surface area contributed by atoms with E-state index in [0.717, 1.165) is 64.9 Å². The molecule has 6 rings (SSSR count). The highest BCUT2D eigenvalue weighted by atomic mass is 79.9. The van der Waals surface area contributed by atoms with Gasteiger partial charge in [-0.2, -0.15) is 0 Å². The molecule has 0 amide bonds. The average Bonchev–Trinajstić information content (AvgIpc) is 3.61. The number of halogens is 2. The monoisotopic (exact) mass is 542 g/mol. The summed E-state index contributed by atoms with van der Waals surface area (Å²) in [5, 5.41) is 0. The number of hydrogen-bond acceptors (Lipinski definition) is 2. The third-order valence-electron chi connectivity index (χ3n) is 5.51. The molecule has 2 aliphatic heterocycles. The maximum Gasteiger partial charge on any atom is 0.0801 e. The third-order valence-corrected chi connectivity index (χ3v) is 7.17. The van der Waals surface area contributed by atoms with Gasteiger partial charge < -0.3 is 9.97 Å². The predicted octanol–water partition coefficient (Wildman–Crippen LogP) is 7.85. The van der Waals surface area contributed by atoms with Gasteiger partial charge in [0.1, 0.15) is 0 Å². The predicted molar refractivity (Wildman–Crippen MR) is 140 cm³/mol. The van der Waals surface area contributed by atoms with Crippen molar-refractivity contribution in [1.29, 1.82) is 0 Å². The first kappa shape index (κ1) is 19.5. The molecule has 154 valence electrons. The van der Waals surface area contributed by atoms with Crippen LogP contribution in [0.4, 0.5) is 0 Å². The summed E-state index contributed by atoms with van der Waals surface area (Å²) >= 11 is 7.50. The van der Waals surface area contributed by atoms with Gasteiger partial charge in [-0.25, -0.2) is 9.97 Å². The van der Waals surface area contributed by atoms with Crippen LogP contribution in [-0.4, -0.2) is 19.9 Å². The molecule has 8 bridgehead atoms. The van der Waals surface area contributed by atoms with Crippen LogP contribution in [0.25, 0.3) is 57.5 Å². The fourth-order valence-corrected chi connectivity index (χ4v) is 4.88. The molecule has 0 saturated heterocycles. The Labute approximate surface area is 201 Å². The molecule has 0 unspecified atom stereocenters. The standard InChI is InChI=1S/C26H16Br2N4/c27-25-20-8-6-16(29-20)14-17-7-9-21(30-17)26(28)23-13-11-19(32-23)24(15-4-2-1-3-5-15)18-10-12-22(25)31-18/h1-14,29-30H. The Hall–Kier alpha value is -3.22. The first-order valence-electron chi connectivity index (χ1n) is 10.2. The van der Waals surface area contributed by atoms with Crippen molar-refractivity contribution in [3.8, 4) is 11.1 Å². The number of nitrogens with one attached hydrogen (secondary N) is 2. The molecule has 0 fully saturated rings. The molecule has 5 heterocycles. The number of aromatic nitrogens is 4. The molecule has 0 saturated carbocycles. The van der Waals surface area contributed by atoms with E-state index < -0.39 is 0 Å². The Morgan fingerprint density at radius 1 is 0.562 bits per heavy atom. The fourth-order valence-electron chi connectivity index (χ4n) is 3.97. The highest BCUT2D eigenvalue weighted by Gasteiger charge is 2.16. The number of H-pyrrole nitrogens is 2. The second-order valence-electron chi connectivity index (χ2n) is 7.60. The van der Waals surface area contributed by atoms with Gasteiger partial charge in [-0.05, 0) is 92.1 Å². The van der Waals surface area contributed by atoms with Crippen molar-refractivity contribution in [3.05, 3.63) is 92.4 Å². The molecule has 0 radical (unpaired) electrons. The van der Waals surface area contributed by atoms with Gasteiger partial charge in [0.25, 0.3) is 0 Å². The van der Waals surface area contributed by atoms with Crippen molar-refractivity contribution in [2.45, 2.75) is 0 Å². The minimum atomic E-state index is 0.871. The summed E-state index contributed by atoms with van der Waals surface area (Å²) in [5.41, 5.74) is 9.55. The number of benzene rings is 1. The van der Waals surface area contributed by atoms with Crippen LogP contribution in [0.5, 0.6) is 0 Å². The van der Waals surface area contributed by atoms with Gasteiger partial charge in [0, 0.05) is 16.6 Å². The van der Waals surface area contributed by atoms with Crippen molar-refractivity contribution >= 4 is 78.2 Å². The van der Waals surface area contributed by atoms with E-state index in [1.807, 2.05) is 30.4 Å². The molecule has 0 atom stereocenters. The van der Waals surface area contributed by atoms with Crippen LogP contribution < -0.4 is 0 Å². The zero-order valence-electron chi connectivity index (χ0n) is 16.7. The highest BCUT2D eigenvalue weighted by molar-refractivity contribution is 9.11. The van der Waals surface area contributed by atoms with Crippen molar-refractivity contribution in [2.75, 3.05) is 0 Å². The van der Waals surface area contributed by atoms with Crippen LogP contribution >= 0.6 is 31.9 Å². The van der Waals surface area contributed by atoms with E-state index >= 15 is 0 Å². The fraction of sp³-hybridized carbons (Fsp3) is 0. The topological polar surface area (TPSA) is 57.4 Å². The van der Waals surface area contributed by atoms with E-state index in [2.05, 4.69) is 96.4 Å². The lowest BCUT2D eigenvalue weighted by atomic mass is 10.0. The molecule has 4 nitrogen and oxygen atoms in total. The first-order valence-corrected chi connectivity index (χ1v) is 11.7. The molecule has 1 aromatic carbocycles. The average molecular weight is 544 g/mol. The Kier molecular flexibility index (Phi) is 4.70. The number of nitrogens with zero attached hydrogens (tertiary/aromatic N) is 2. The Morgan fingerprint density at radius 2 is 1.06 bits per heavy atom. The van der Waals surface area contributed by atoms with Crippen LogP contribution in [0, 0.1) is 0 Å². The molecular weight excluding hydrogens is 528 g/mol. The second-order valence-corrected chi connectivity index (χ2v) is 9.19. The Balaban J connectivity index is 1.78. The number of rotatable bonds is 1. The second kappa shape index (κ2) is 7.73. The minimum Gasteiger partial charge on any atom is -0.354 e. The normalized spacial score (nSPS) is 12.4. The lowest BCUT2D eigenvalue weighted by Crippen LogP contribution is -1.89. The summed E-state index contributed by atoms with van der Waals surface area (Å²) in [4.78, 5) is 16.8. The maximum absolute atomic E-state index is 4.96. The molecule has 0 aliphatic carbocycles. The van der Waals surface area contributed by atoms with Crippen molar-refractivity contribution in [2.24, 2.45) is 0 Å². The van der Waals surface area contributed by atoms with Crippen LogP contribution in [0.1, 0.15) is 22.8 Å². The van der Waals surface area contributed by atoms with Gasteiger partial charge >= 0.3 is 0 Å². The lowest BCUT2D eigenvalue weighted by molar-refractivity contribution is 1.26. The van der Waals surface area contributed by atoms with Crippen LogP contribution in [-0.2, 0) is 0 Å². The quantitative estimate of drug-likeness (QED) is 0.222. The van der Waals surface area contributed by atoms with Gasteiger partial charge in [0.05, 0.1) is 42.8 Å². The molecular formula is C26H16Br2N4. The lowest BCUT2D eigenvalue weighted by Gasteiger charge is -2.04. The Bertz CT molecular complexity index is 1490. The first-order chi connectivity index (χ1) is 15.7. The number of aromatic amines is 2. The van der Waals surface area contributed by atoms with E-state index in [0.29, 0.717) is 0 Å². The number of hydrogen-bond donors (Lipinski definition) is 2. The van der Waals surface area contributed by atoms with Crippen molar-refractivity contribution in [1.82, 2.24) is 19.9 Å². The smallest absolute Gasteiger partial charge is 0.0801 e. The van der Waals surface area contributed by atoms with Crippen molar-refractivity contribution < 1.29 is 0 Å². The van der Waals surface area contributed by atoms with Gasteiger partial charge in [0.2, 0.25) is 0 Å². The largest absolute Gasteiger partial charge is 0.354 e. The summed E-state index contributed by atoms with van der Waals surface area (Å²) in [6, 6.07) is 20.6. The molecule has 4 aromatic rings. The summed E-state index contributed by atoms with van der Waals surface area (Å²) < 4.78 is 1.84. The van der Waals surface area contributed by atoms with Crippen LogP contribution in [0.15, 0.2) is 69.6 Å². The van der Waals surface area contributed by atoms with Gasteiger partial charge in [0.15, 0.2) is 0 Å². The molecule has 6 heteroatoms. The van der Waals surface area contributed by atoms with Gasteiger partial charge in [-0.15, -0.1) is 0 Å². The zero-order chi connectivity index (χ0) is 21.7. The summed E-state index contributed by atoms with van der Waals surface area (Å²) in [7, 11) is 0. The zero-order valence-corrected chi connectivity index (χ0v) is 19.9. The summed E-state index contributed by atoms with van der Waals surface area (Å²) in [5.74, 6) is 0. The van der Waals surface area contributed by atoms with E-state index in [1.165, 1.54) is 0 Å². The minimum absolute atomic E-state index is 0.871. The SMILES string of the molecule is Brc1c2nc(c(-c3ccccc3)c3nc(c(Br)c4ccc(cc5ccc1[nH]5)[nH]4)C=C3)C=C2. The van der Waals surface area contributed by atoms with Crippen molar-refractivity contribution in [3.63, 3.8) is 0 Å². The van der Waals surface area contributed by atoms with Crippen LogP contribution in [0.2, 0.25) is 0 Å². The molecule has 3 aromatic heterocycles. The molecule has 2 N–H and O–H groups in total.